The van der Waals surface area contributed by atoms with Crippen molar-refractivity contribution in [1.29, 1.82) is 0 Å². The Morgan fingerprint density at radius 3 is 2.37 bits per heavy atom. The largest absolute Gasteiger partial charge is 0.480 e. The third-order valence-corrected chi connectivity index (χ3v) is 3.39. The van der Waals surface area contributed by atoms with Crippen LogP contribution in [0.3, 0.4) is 0 Å². The van der Waals surface area contributed by atoms with E-state index in [1.54, 1.807) is 6.92 Å². The second-order valence-electron chi connectivity index (χ2n) is 5.64. The number of hydrogen-bond acceptors (Lipinski definition) is 2. The SMILES string of the molecule is C[C@H](NCc1ccc(C#C[Si](C)(C)C)cc1)C(=O)O. The summed E-state index contributed by atoms with van der Waals surface area (Å²) >= 11 is 0. The molecule has 0 aliphatic heterocycles. The zero-order chi connectivity index (χ0) is 14.5. The van der Waals surface area contributed by atoms with Crippen LogP contribution >= 0.6 is 0 Å². The Kier molecular flexibility index (Phi) is 5.34. The van der Waals surface area contributed by atoms with Crippen LogP contribution in [-0.4, -0.2) is 25.2 Å². The van der Waals surface area contributed by atoms with Crippen molar-refractivity contribution in [2.24, 2.45) is 0 Å². The van der Waals surface area contributed by atoms with Gasteiger partial charge in [0, 0.05) is 12.1 Å². The van der Waals surface area contributed by atoms with Gasteiger partial charge in [0.05, 0.1) is 0 Å². The lowest BCUT2D eigenvalue weighted by Crippen LogP contribution is -2.33. The number of benzene rings is 1. The number of rotatable bonds is 4. The van der Waals surface area contributed by atoms with Gasteiger partial charge in [0.25, 0.3) is 0 Å². The van der Waals surface area contributed by atoms with E-state index in [1.807, 2.05) is 24.3 Å². The summed E-state index contributed by atoms with van der Waals surface area (Å²) in [7, 11) is -1.34. The highest BCUT2D eigenvalue weighted by Gasteiger charge is 2.09. The first-order valence-corrected chi connectivity index (χ1v) is 9.86. The monoisotopic (exact) mass is 275 g/mol. The van der Waals surface area contributed by atoms with Crippen LogP contribution in [0.1, 0.15) is 18.1 Å². The second kappa shape index (κ2) is 6.55. The summed E-state index contributed by atoms with van der Waals surface area (Å²) in [5.41, 5.74) is 5.39. The first-order valence-electron chi connectivity index (χ1n) is 6.36. The van der Waals surface area contributed by atoms with Crippen LogP contribution < -0.4 is 5.32 Å². The summed E-state index contributed by atoms with van der Waals surface area (Å²) in [4.78, 5) is 10.7. The van der Waals surface area contributed by atoms with Crippen LogP contribution in [0.15, 0.2) is 24.3 Å². The number of carbonyl (C=O) groups is 1. The maximum absolute atomic E-state index is 10.7. The minimum Gasteiger partial charge on any atom is -0.480 e. The summed E-state index contributed by atoms with van der Waals surface area (Å²) < 4.78 is 0. The van der Waals surface area contributed by atoms with E-state index in [4.69, 9.17) is 5.11 Å². The van der Waals surface area contributed by atoms with Crippen molar-refractivity contribution in [2.45, 2.75) is 39.2 Å². The molecule has 0 aliphatic carbocycles. The molecular formula is C15H21NO2Si. The molecule has 0 amide bonds. The fraction of sp³-hybridized carbons (Fsp3) is 0.400. The lowest BCUT2D eigenvalue weighted by atomic mass is 10.1. The summed E-state index contributed by atoms with van der Waals surface area (Å²) in [6, 6.07) is 7.39. The maximum Gasteiger partial charge on any atom is 0.320 e. The van der Waals surface area contributed by atoms with Gasteiger partial charge in [0.15, 0.2) is 0 Å². The first kappa shape index (κ1) is 15.5. The van der Waals surface area contributed by atoms with E-state index >= 15 is 0 Å². The van der Waals surface area contributed by atoms with E-state index in [0.29, 0.717) is 6.54 Å². The molecule has 102 valence electrons. The number of hydrogen-bond donors (Lipinski definition) is 2. The van der Waals surface area contributed by atoms with Gasteiger partial charge in [0.2, 0.25) is 0 Å². The van der Waals surface area contributed by atoms with Gasteiger partial charge in [-0.3, -0.25) is 4.79 Å². The Morgan fingerprint density at radius 2 is 1.89 bits per heavy atom. The molecule has 0 bridgehead atoms. The maximum atomic E-state index is 10.7. The lowest BCUT2D eigenvalue weighted by Gasteiger charge is -2.09. The molecule has 1 aromatic rings. The Bertz CT molecular complexity index is 492. The third-order valence-electron chi connectivity index (χ3n) is 2.52. The predicted octanol–water partition coefficient (Wildman–Crippen LogP) is 2.48. The standard InChI is InChI=1S/C15H21NO2Si/c1-12(15(17)18)16-11-14-7-5-13(6-8-14)9-10-19(2,3)4/h5-8,12,16H,11H2,1-4H3,(H,17,18)/t12-/m0/s1. The van der Waals surface area contributed by atoms with Gasteiger partial charge >= 0.3 is 5.97 Å². The average Bonchev–Trinajstić information content (AvgIpc) is 2.33. The number of carboxylic acids is 1. The molecule has 0 aliphatic rings. The van der Waals surface area contributed by atoms with Crippen molar-refractivity contribution in [3.63, 3.8) is 0 Å². The first-order chi connectivity index (χ1) is 8.78. The van der Waals surface area contributed by atoms with Crippen LogP contribution in [0, 0.1) is 11.5 Å². The quantitative estimate of drug-likeness (QED) is 0.655. The highest BCUT2D eigenvalue weighted by atomic mass is 28.3. The van der Waals surface area contributed by atoms with Gasteiger partial charge < -0.3 is 10.4 Å². The Labute approximate surface area is 116 Å². The Balaban J connectivity index is 2.61. The molecule has 2 N–H and O–H groups in total. The molecule has 1 rings (SSSR count). The van der Waals surface area contributed by atoms with Crippen molar-refractivity contribution in [2.75, 3.05) is 0 Å². The summed E-state index contributed by atoms with van der Waals surface area (Å²) in [5.74, 6) is 2.36. The van der Waals surface area contributed by atoms with Crippen LogP contribution in [0.4, 0.5) is 0 Å². The van der Waals surface area contributed by atoms with Gasteiger partial charge in [-0.2, -0.15) is 0 Å². The molecule has 19 heavy (non-hydrogen) atoms. The molecule has 0 radical (unpaired) electrons. The normalized spacial score (nSPS) is 12.4. The highest BCUT2D eigenvalue weighted by molar-refractivity contribution is 6.83. The number of aliphatic carboxylic acids is 1. The fourth-order valence-electron chi connectivity index (χ4n) is 1.32. The third kappa shape index (κ3) is 6.23. The molecule has 1 aromatic carbocycles. The molecule has 0 unspecified atom stereocenters. The van der Waals surface area contributed by atoms with Crippen molar-refractivity contribution < 1.29 is 9.90 Å². The van der Waals surface area contributed by atoms with Gasteiger partial charge in [-0.05, 0) is 24.6 Å². The van der Waals surface area contributed by atoms with Gasteiger partial charge in [-0.25, -0.2) is 0 Å². The molecule has 4 heteroatoms. The molecule has 0 spiro atoms. The smallest absolute Gasteiger partial charge is 0.320 e. The van der Waals surface area contributed by atoms with Crippen LogP contribution in [0.2, 0.25) is 19.6 Å². The highest BCUT2D eigenvalue weighted by Crippen LogP contribution is 2.05. The van der Waals surface area contributed by atoms with E-state index in [0.717, 1.165) is 11.1 Å². The van der Waals surface area contributed by atoms with Gasteiger partial charge in [0.1, 0.15) is 14.1 Å². The topological polar surface area (TPSA) is 49.3 Å². The van der Waals surface area contributed by atoms with Crippen molar-refractivity contribution in [3.8, 4) is 11.5 Å². The summed E-state index contributed by atoms with van der Waals surface area (Å²) in [6.45, 7) is 8.83. The minimum atomic E-state index is -1.34. The molecule has 3 nitrogen and oxygen atoms in total. The van der Waals surface area contributed by atoms with Crippen molar-refractivity contribution >= 4 is 14.0 Å². The Morgan fingerprint density at radius 1 is 1.32 bits per heavy atom. The van der Waals surface area contributed by atoms with E-state index in [9.17, 15) is 4.79 Å². The summed E-state index contributed by atoms with van der Waals surface area (Å²) in [6.07, 6.45) is 0. The predicted molar refractivity (Wildman–Crippen MR) is 80.6 cm³/mol. The zero-order valence-corrected chi connectivity index (χ0v) is 12.9. The van der Waals surface area contributed by atoms with E-state index in [1.165, 1.54) is 0 Å². The van der Waals surface area contributed by atoms with E-state index in [2.05, 4.69) is 36.4 Å². The summed E-state index contributed by atoms with van der Waals surface area (Å²) in [5, 5.41) is 11.7. The lowest BCUT2D eigenvalue weighted by molar-refractivity contribution is -0.139. The minimum absolute atomic E-state index is 0.536. The average molecular weight is 275 g/mol. The molecular weight excluding hydrogens is 254 g/mol. The molecule has 0 heterocycles. The van der Waals surface area contributed by atoms with Crippen LogP contribution in [0.25, 0.3) is 0 Å². The second-order valence-corrected chi connectivity index (χ2v) is 10.4. The fourth-order valence-corrected chi connectivity index (χ4v) is 1.84. The van der Waals surface area contributed by atoms with E-state index in [-0.39, 0.29) is 0 Å². The zero-order valence-electron chi connectivity index (χ0n) is 11.9. The van der Waals surface area contributed by atoms with Crippen molar-refractivity contribution in [1.82, 2.24) is 5.32 Å². The number of carboxylic acid groups (broad SMARTS) is 1. The molecule has 0 aromatic heterocycles. The van der Waals surface area contributed by atoms with Crippen LogP contribution in [-0.2, 0) is 11.3 Å². The molecule has 1 atom stereocenters. The number of nitrogens with one attached hydrogen (secondary N) is 1. The van der Waals surface area contributed by atoms with Crippen LogP contribution in [0.5, 0.6) is 0 Å². The molecule has 0 saturated carbocycles. The van der Waals surface area contributed by atoms with Gasteiger partial charge in [-0.1, -0.05) is 37.7 Å². The molecule has 0 fully saturated rings. The van der Waals surface area contributed by atoms with Gasteiger partial charge in [-0.15, -0.1) is 5.54 Å². The molecule has 0 saturated heterocycles. The van der Waals surface area contributed by atoms with Crippen molar-refractivity contribution in [3.05, 3.63) is 35.4 Å². The van der Waals surface area contributed by atoms with E-state index < -0.39 is 20.1 Å². The Hall–Kier alpha value is -1.57.